The van der Waals surface area contributed by atoms with Crippen molar-refractivity contribution in [2.24, 2.45) is 0 Å². The molecule has 0 aliphatic heterocycles. The third-order valence-corrected chi connectivity index (χ3v) is 3.98. The highest BCUT2D eigenvalue weighted by molar-refractivity contribution is 9.10. The van der Waals surface area contributed by atoms with Crippen LogP contribution in [0.15, 0.2) is 35.1 Å². The van der Waals surface area contributed by atoms with Crippen molar-refractivity contribution < 1.29 is 0 Å². The summed E-state index contributed by atoms with van der Waals surface area (Å²) in [5.41, 5.74) is 1.11. The van der Waals surface area contributed by atoms with Crippen LogP contribution in [0.3, 0.4) is 0 Å². The molecule has 0 bridgehead atoms. The fourth-order valence-electron chi connectivity index (χ4n) is 2.13. The first-order valence-electron chi connectivity index (χ1n) is 6.36. The molecule has 0 saturated carbocycles. The van der Waals surface area contributed by atoms with Crippen molar-refractivity contribution in [1.29, 1.82) is 0 Å². The summed E-state index contributed by atoms with van der Waals surface area (Å²) < 4.78 is 3.18. The molecule has 0 saturated heterocycles. The Kier molecular flexibility index (Phi) is 5.02. The molecule has 1 N–H and O–H groups in total. The zero-order chi connectivity index (χ0) is 13.8. The molecule has 0 aliphatic rings. The molecule has 19 heavy (non-hydrogen) atoms. The Morgan fingerprint density at radius 1 is 1.42 bits per heavy atom. The third kappa shape index (κ3) is 3.19. The van der Waals surface area contributed by atoms with Gasteiger partial charge in [0.15, 0.2) is 0 Å². The van der Waals surface area contributed by atoms with Crippen molar-refractivity contribution in [3.05, 3.63) is 51.5 Å². The van der Waals surface area contributed by atoms with Crippen LogP contribution in [0.25, 0.3) is 0 Å². The largest absolute Gasteiger partial charge is 0.334 e. The van der Waals surface area contributed by atoms with Crippen LogP contribution in [0.5, 0.6) is 0 Å². The first-order chi connectivity index (χ1) is 9.17. The second-order valence-corrected chi connectivity index (χ2v) is 5.52. The molecule has 0 amide bonds. The van der Waals surface area contributed by atoms with E-state index in [9.17, 15) is 0 Å². The number of benzene rings is 1. The zero-order valence-corrected chi connectivity index (χ0v) is 13.4. The van der Waals surface area contributed by atoms with Crippen molar-refractivity contribution in [3.8, 4) is 0 Å². The zero-order valence-electron chi connectivity index (χ0n) is 11.0. The van der Waals surface area contributed by atoms with Gasteiger partial charge in [-0.05, 0) is 37.2 Å². The Morgan fingerprint density at radius 3 is 2.89 bits per heavy atom. The Labute approximate surface area is 127 Å². The van der Waals surface area contributed by atoms with Crippen molar-refractivity contribution in [3.63, 3.8) is 0 Å². The van der Waals surface area contributed by atoms with Crippen molar-refractivity contribution in [2.75, 3.05) is 6.54 Å². The molecule has 1 aromatic heterocycles. The molecule has 1 unspecified atom stereocenters. The smallest absolute Gasteiger partial charge is 0.130 e. The fraction of sp³-hybridized carbons (Fsp3) is 0.357. The first-order valence-corrected chi connectivity index (χ1v) is 7.53. The molecule has 0 spiro atoms. The van der Waals surface area contributed by atoms with Gasteiger partial charge in [0.1, 0.15) is 5.82 Å². The van der Waals surface area contributed by atoms with Crippen LogP contribution in [-0.2, 0) is 6.54 Å². The third-order valence-electron chi connectivity index (χ3n) is 3.02. The SMILES string of the molecule is CCNC(c1cc(Cl)ccc1Br)c1nccn1CC. The van der Waals surface area contributed by atoms with Crippen LogP contribution in [0, 0.1) is 0 Å². The molecule has 2 rings (SSSR count). The summed E-state index contributed by atoms with van der Waals surface area (Å²) in [5.74, 6) is 1.01. The highest BCUT2D eigenvalue weighted by Gasteiger charge is 2.20. The van der Waals surface area contributed by atoms with Gasteiger partial charge in [0.05, 0.1) is 6.04 Å². The number of nitrogens with zero attached hydrogens (tertiary/aromatic N) is 2. The summed E-state index contributed by atoms with van der Waals surface area (Å²) in [5, 5.41) is 4.20. The van der Waals surface area contributed by atoms with Gasteiger partial charge in [0, 0.05) is 28.4 Å². The summed E-state index contributed by atoms with van der Waals surface area (Å²) in [7, 11) is 0. The van der Waals surface area contributed by atoms with Crippen LogP contribution in [0.1, 0.15) is 31.3 Å². The molecule has 102 valence electrons. The van der Waals surface area contributed by atoms with E-state index in [1.54, 1.807) is 0 Å². The van der Waals surface area contributed by atoms with Crippen molar-refractivity contribution in [1.82, 2.24) is 14.9 Å². The van der Waals surface area contributed by atoms with E-state index in [0.29, 0.717) is 0 Å². The summed E-state index contributed by atoms with van der Waals surface area (Å²) in [6, 6.07) is 5.87. The monoisotopic (exact) mass is 341 g/mol. The maximum absolute atomic E-state index is 6.12. The topological polar surface area (TPSA) is 29.9 Å². The van der Waals surface area contributed by atoms with E-state index >= 15 is 0 Å². The van der Waals surface area contributed by atoms with Crippen LogP contribution in [-0.4, -0.2) is 16.1 Å². The summed E-state index contributed by atoms with van der Waals surface area (Å²) >= 11 is 9.72. The summed E-state index contributed by atoms with van der Waals surface area (Å²) in [6.45, 7) is 5.96. The maximum atomic E-state index is 6.12. The van der Waals surface area contributed by atoms with Crippen LogP contribution in [0.4, 0.5) is 0 Å². The van der Waals surface area contributed by atoms with Gasteiger partial charge in [-0.1, -0.05) is 34.5 Å². The predicted octanol–water partition coefficient (Wildman–Crippen LogP) is 4.02. The van der Waals surface area contributed by atoms with E-state index < -0.39 is 0 Å². The second-order valence-electron chi connectivity index (χ2n) is 4.23. The molecule has 0 radical (unpaired) electrons. The number of rotatable bonds is 5. The molecular formula is C14H17BrClN3. The van der Waals surface area contributed by atoms with Gasteiger partial charge >= 0.3 is 0 Å². The predicted molar refractivity (Wildman–Crippen MR) is 82.6 cm³/mol. The average molecular weight is 343 g/mol. The van der Waals surface area contributed by atoms with Crippen molar-refractivity contribution in [2.45, 2.75) is 26.4 Å². The van der Waals surface area contributed by atoms with E-state index in [2.05, 4.69) is 44.6 Å². The van der Waals surface area contributed by atoms with E-state index in [-0.39, 0.29) is 6.04 Å². The molecule has 1 heterocycles. The number of aromatic nitrogens is 2. The summed E-state index contributed by atoms with van der Waals surface area (Å²) in [4.78, 5) is 4.49. The van der Waals surface area contributed by atoms with Gasteiger partial charge < -0.3 is 9.88 Å². The van der Waals surface area contributed by atoms with Gasteiger partial charge in [-0.3, -0.25) is 0 Å². The molecular weight excluding hydrogens is 326 g/mol. The quantitative estimate of drug-likeness (QED) is 0.889. The average Bonchev–Trinajstić information content (AvgIpc) is 2.87. The van der Waals surface area contributed by atoms with Crippen LogP contribution >= 0.6 is 27.5 Å². The lowest BCUT2D eigenvalue weighted by molar-refractivity contribution is 0.557. The summed E-state index contributed by atoms with van der Waals surface area (Å²) in [6.07, 6.45) is 3.83. The van der Waals surface area contributed by atoms with Gasteiger partial charge in [0.2, 0.25) is 0 Å². The van der Waals surface area contributed by atoms with E-state index in [1.807, 2.05) is 30.6 Å². The van der Waals surface area contributed by atoms with Gasteiger partial charge in [-0.2, -0.15) is 0 Å². The number of halogens is 2. The minimum atomic E-state index is 0.0352. The normalized spacial score (nSPS) is 12.6. The van der Waals surface area contributed by atoms with Crippen molar-refractivity contribution >= 4 is 27.5 Å². The minimum absolute atomic E-state index is 0.0352. The molecule has 5 heteroatoms. The highest BCUT2D eigenvalue weighted by Crippen LogP contribution is 2.30. The number of imidazole rings is 1. The number of hydrogen-bond acceptors (Lipinski definition) is 2. The van der Waals surface area contributed by atoms with Crippen LogP contribution in [0.2, 0.25) is 5.02 Å². The number of nitrogens with one attached hydrogen (secondary N) is 1. The highest BCUT2D eigenvalue weighted by atomic mass is 79.9. The molecule has 2 aromatic rings. The number of hydrogen-bond donors (Lipinski definition) is 1. The number of aryl methyl sites for hydroxylation is 1. The Hall–Kier alpha value is -0.840. The standard InChI is InChI=1S/C14H17BrClN3/c1-3-17-13(14-18-7-8-19(14)4-2)11-9-10(16)5-6-12(11)15/h5-9,13,17H,3-4H2,1-2H3. The van der Waals surface area contributed by atoms with Gasteiger partial charge in [0.25, 0.3) is 0 Å². The lowest BCUT2D eigenvalue weighted by Crippen LogP contribution is -2.25. The first kappa shape index (κ1) is 14.6. The maximum Gasteiger partial charge on any atom is 0.130 e. The van der Waals surface area contributed by atoms with E-state index in [4.69, 9.17) is 11.6 Å². The lowest BCUT2D eigenvalue weighted by Gasteiger charge is -2.20. The van der Waals surface area contributed by atoms with Gasteiger partial charge in [-0.15, -0.1) is 0 Å². The lowest BCUT2D eigenvalue weighted by atomic mass is 10.1. The van der Waals surface area contributed by atoms with Gasteiger partial charge in [-0.25, -0.2) is 4.98 Å². The van der Waals surface area contributed by atoms with E-state index in [1.165, 1.54) is 0 Å². The fourth-order valence-corrected chi connectivity index (χ4v) is 2.78. The molecule has 1 atom stereocenters. The molecule has 3 nitrogen and oxygen atoms in total. The molecule has 0 aliphatic carbocycles. The minimum Gasteiger partial charge on any atom is -0.334 e. The van der Waals surface area contributed by atoms with E-state index in [0.717, 1.165) is 34.0 Å². The Morgan fingerprint density at radius 2 is 2.21 bits per heavy atom. The Bertz CT molecular complexity index is 553. The molecule has 1 aromatic carbocycles. The molecule has 0 fully saturated rings. The second kappa shape index (κ2) is 6.55. The Balaban J connectivity index is 2.48. The van der Waals surface area contributed by atoms with Crippen LogP contribution < -0.4 is 5.32 Å².